The van der Waals surface area contributed by atoms with Crippen molar-refractivity contribution >= 4 is 0 Å². The van der Waals surface area contributed by atoms with E-state index in [-0.39, 0.29) is 0 Å². The van der Waals surface area contributed by atoms with Crippen molar-refractivity contribution in [2.24, 2.45) is 17.8 Å². The van der Waals surface area contributed by atoms with Gasteiger partial charge < -0.3 is 0 Å². The Morgan fingerprint density at radius 2 is 1.29 bits per heavy atom. The molecule has 1 rings (SSSR count). The fourth-order valence-corrected chi connectivity index (χ4v) is 2.00. The van der Waals surface area contributed by atoms with Crippen molar-refractivity contribution in [1.82, 2.24) is 0 Å². The number of rotatable bonds is 2. The molecule has 0 spiro atoms. The monoisotopic (exact) mass is 198 g/mol. The summed E-state index contributed by atoms with van der Waals surface area (Å²) in [5.74, 6) is 2.94. The Labute approximate surface area is 91.5 Å². The molecule has 0 aromatic rings. The van der Waals surface area contributed by atoms with Gasteiger partial charge in [0.2, 0.25) is 0 Å². The first-order valence-electron chi connectivity index (χ1n) is 6.56. The van der Waals surface area contributed by atoms with Crippen LogP contribution in [0.25, 0.3) is 0 Å². The van der Waals surface area contributed by atoms with Crippen LogP contribution in [0.5, 0.6) is 0 Å². The van der Waals surface area contributed by atoms with Gasteiger partial charge in [-0.2, -0.15) is 0 Å². The van der Waals surface area contributed by atoms with Gasteiger partial charge in [0.15, 0.2) is 0 Å². The summed E-state index contributed by atoms with van der Waals surface area (Å²) in [6, 6.07) is 0. The van der Waals surface area contributed by atoms with Gasteiger partial charge in [-0.1, -0.05) is 73.1 Å². The summed E-state index contributed by atoms with van der Waals surface area (Å²) >= 11 is 0. The zero-order valence-electron chi connectivity index (χ0n) is 11.0. The van der Waals surface area contributed by atoms with Crippen LogP contribution in [0.4, 0.5) is 0 Å². The summed E-state index contributed by atoms with van der Waals surface area (Å²) in [6.45, 7) is 11.5. The first-order valence-corrected chi connectivity index (χ1v) is 6.56. The van der Waals surface area contributed by atoms with E-state index in [1.165, 1.54) is 38.5 Å². The molecule has 0 aromatic carbocycles. The third kappa shape index (κ3) is 8.59. The van der Waals surface area contributed by atoms with Crippen LogP contribution >= 0.6 is 0 Å². The lowest BCUT2D eigenvalue weighted by Crippen LogP contribution is -2.08. The first kappa shape index (κ1) is 14.0. The highest BCUT2D eigenvalue weighted by atomic mass is 14.2. The van der Waals surface area contributed by atoms with Gasteiger partial charge in [0.1, 0.15) is 0 Å². The van der Waals surface area contributed by atoms with Crippen molar-refractivity contribution in [3.63, 3.8) is 0 Å². The van der Waals surface area contributed by atoms with Gasteiger partial charge in [0.25, 0.3) is 0 Å². The highest BCUT2D eigenvalue weighted by Gasteiger charge is 2.13. The molecule has 0 radical (unpaired) electrons. The minimum atomic E-state index is 0.898. The second kappa shape index (κ2) is 8.32. The largest absolute Gasteiger partial charge is 0.0654 e. The van der Waals surface area contributed by atoms with Crippen molar-refractivity contribution in [1.29, 1.82) is 0 Å². The summed E-state index contributed by atoms with van der Waals surface area (Å²) in [7, 11) is 0. The lowest BCUT2D eigenvalue weighted by atomic mass is 9.84. The Bertz CT molecular complexity index is 97.2. The Morgan fingerprint density at radius 1 is 0.929 bits per heavy atom. The van der Waals surface area contributed by atoms with Crippen LogP contribution in [-0.2, 0) is 0 Å². The van der Waals surface area contributed by atoms with E-state index in [2.05, 4.69) is 34.6 Å². The van der Waals surface area contributed by atoms with Crippen LogP contribution < -0.4 is 0 Å². The van der Waals surface area contributed by atoms with Gasteiger partial charge in [-0.3, -0.25) is 0 Å². The molecule has 0 amide bonds. The molecule has 0 aliphatic heterocycles. The van der Waals surface area contributed by atoms with Gasteiger partial charge in [0, 0.05) is 0 Å². The van der Waals surface area contributed by atoms with E-state index in [9.17, 15) is 0 Å². The van der Waals surface area contributed by atoms with Gasteiger partial charge in [-0.25, -0.2) is 0 Å². The van der Waals surface area contributed by atoms with Crippen molar-refractivity contribution in [2.75, 3.05) is 0 Å². The summed E-state index contributed by atoms with van der Waals surface area (Å²) in [6.07, 6.45) is 8.60. The van der Waals surface area contributed by atoms with Crippen LogP contribution in [0.1, 0.15) is 73.1 Å². The zero-order valence-corrected chi connectivity index (χ0v) is 11.0. The Kier molecular flexibility index (Phi) is 8.32. The van der Waals surface area contributed by atoms with E-state index >= 15 is 0 Å². The van der Waals surface area contributed by atoms with Crippen LogP contribution in [0.15, 0.2) is 0 Å². The molecule has 86 valence electrons. The number of hydrogen-bond donors (Lipinski definition) is 0. The van der Waals surface area contributed by atoms with E-state index < -0.39 is 0 Å². The Morgan fingerprint density at radius 3 is 1.43 bits per heavy atom. The smallest absolute Gasteiger partial charge is 0.0443 e. The maximum Gasteiger partial charge on any atom is -0.0443 e. The molecule has 0 bridgehead atoms. The second-order valence-electron chi connectivity index (χ2n) is 5.55. The summed E-state index contributed by atoms with van der Waals surface area (Å²) in [5.41, 5.74) is 0. The second-order valence-corrected chi connectivity index (χ2v) is 5.55. The van der Waals surface area contributed by atoms with Crippen LogP contribution in [0, 0.1) is 17.8 Å². The maximum atomic E-state index is 2.37. The Balaban J connectivity index is 0.000000255. The molecule has 0 N–H and O–H groups in total. The summed E-state index contributed by atoms with van der Waals surface area (Å²) < 4.78 is 0. The molecule has 1 fully saturated rings. The quantitative estimate of drug-likeness (QED) is 0.566. The number of hydrogen-bond acceptors (Lipinski definition) is 0. The minimum absolute atomic E-state index is 0.898. The topological polar surface area (TPSA) is 0 Å². The van der Waals surface area contributed by atoms with Gasteiger partial charge in [-0.05, 0) is 17.8 Å². The first-order chi connectivity index (χ1) is 6.56. The maximum absolute atomic E-state index is 2.37. The van der Waals surface area contributed by atoms with E-state index in [1.54, 1.807) is 0 Å². The molecule has 0 heterocycles. The van der Waals surface area contributed by atoms with Crippen LogP contribution in [0.2, 0.25) is 0 Å². The van der Waals surface area contributed by atoms with E-state index in [4.69, 9.17) is 0 Å². The Hall–Kier alpha value is 0. The highest BCUT2D eigenvalue weighted by molar-refractivity contribution is 4.65. The SMILES string of the molecule is CC1CCC(C)CC1.CCCC(C)C. The lowest BCUT2D eigenvalue weighted by Gasteiger charge is -2.22. The molecule has 1 saturated carbocycles. The van der Waals surface area contributed by atoms with E-state index in [1.807, 2.05) is 0 Å². The average Bonchev–Trinajstić information content (AvgIpc) is 2.11. The third-order valence-corrected chi connectivity index (χ3v) is 3.17. The minimum Gasteiger partial charge on any atom is -0.0654 e. The van der Waals surface area contributed by atoms with Gasteiger partial charge in [0.05, 0.1) is 0 Å². The molecule has 0 unspecified atom stereocenters. The van der Waals surface area contributed by atoms with Gasteiger partial charge in [-0.15, -0.1) is 0 Å². The molecule has 0 saturated heterocycles. The van der Waals surface area contributed by atoms with Crippen molar-refractivity contribution < 1.29 is 0 Å². The van der Waals surface area contributed by atoms with Crippen LogP contribution in [-0.4, -0.2) is 0 Å². The predicted molar refractivity (Wildman–Crippen MR) is 66.5 cm³/mol. The molecule has 14 heavy (non-hydrogen) atoms. The van der Waals surface area contributed by atoms with Crippen molar-refractivity contribution in [3.05, 3.63) is 0 Å². The molecule has 0 heteroatoms. The molecule has 0 aromatic heterocycles. The zero-order chi connectivity index (χ0) is 11.0. The van der Waals surface area contributed by atoms with Crippen LogP contribution in [0.3, 0.4) is 0 Å². The summed E-state index contributed by atoms with van der Waals surface area (Å²) in [5, 5.41) is 0. The fraction of sp³-hybridized carbons (Fsp3) is 1.00. The molecule has 0 atom stereocenters. The normalized spacial score (nSPS) is 27.0. The summed E-state index contributed by atoms with van der Waals surface area (Å²) in [4.78, 5) is 0. The molecule has 1 aliphatic carbocycles. The standard InChI is InChI=1S/C8H16.C6H14/c1-7-3-5-8(2)6-4-7;1-4-5-6(2)3/h7-8H,3-6H2,1-2H3;6H,4-5H2,1-3H3. The highest BCUT2D eigenvalue weighted by Crippen LogP contribution is 2.27. The molecular weight excluding hydrogens is 168 g/mol. The average molecular weight is 198 g/mol. The van der Waals surface area contributed by atoms with E-state index in [0.717, 1.165) is 17.8 Å². The fourth-order valence-electron chi connectivity index (χ4n) is 2.00. The third-order valence-electron chi connectivity index (χ3n) is 3.17. The molecular formula is C14H30. The van der Waals surface area contributed by atoms with E-state index in [0.29, 0.717) is 0 Å². The molecule has 1 aliphatic rings. The predicted octanol–water partition coefficient (Wildman–Crippen LogP) is 5.28. The molecule has 0 nitrogen and oxygen atoms in total. The van der Waals surface area contributed by atoms with Crippen molar-refractivity contribution in [2.45, 2.75) is 73.1 Å². The van der Waals surface area contributed by atoms with Gasteiger partial charge >= 0.3 is 0 Å². The lowest BCUT2D eigenvalue weighted by molar-refractivity contribution is 0.308. The van der Waals surface area contributed by atoms with Crippen molar-refractivity contribution in [3.8, 4) is 0 Å².